The van der Waals surface area contributed by atoms with Crippen molar-refractivity contribution >= 4 is 158 Å². The molecule has 0 saturated heterocycles. The molecule has 0 amide bonds. The van der Waals surface area contributed by atoms with E-state index in [-0.39, 0.29) is 101 Å². The van der Waals surface area contributed by atoms with Crippen LogP contribution in [0.5, 0.6) is 11.6 Å². The first-order valence-corrected chi connectivity index (χ1v) is 32.7. The van der Waals surface area contributed by atoms with Gasteiger partial charge < -0.3 is 9.84 Å². The van der Waals surface area contributed by atoms with E-state index in [2.05, 4.69) is 53.3 Å². The molecule has 7 rings (SSSR count). The van der Waals surface area contributed by atoms with Crippen molar-refractivity contribution in [3.05, 3.63) is 88.2 Å². The van der Waals surface area contributed by atoms with Crippen LogP contribution in [0.25, 0.3) is 38.8 Å². The Morgan fingerprint density at radius 2 is 1.40 bits per heavy atom. The van der Waals surface area contributed by atoms with E-state index in [1.54, 1.807) is 26.0 Å². The number of aromatic nitrogens is 3. The van der Waals surface area contributed by atoms with Crippen LogP contribution in [0.4, 0.5) is 33.6 Å². The van der Waals surface area contributed by atoms with Crippen LogP contribution < -0.4 is 4.74 Å². The molecule has 0 aliphatic heterocycles. The summed E-state index contributed by atoms with van der Waals surface area (Å²) in [6.45, 7) is 12.4. The fourth-order valence-electron chi connectivity index (χ4n) is 7.43. The number of pyridine rings is 1. The summed E-state index contributed by atoms with van der Waals surface area (Å²) in [7, 11) is -24.4. The lowest BCUT2D eigenvalue weighted by Crippen LogP contribution is -2.08. The van der Waals surface area contributed by atoms with Gasteiger partial charge in [0.1, 0.15) is 49.8 Å². The molecule has 0 unspecified atom stereocenters. The summed E-state index contributed by atoms with van der Waals surface area (Å²) >= 11 is 8.22. The number of rotatable bonds is 21. The number of nitriles is 1. The van der Waals surface area contributed by atoms with Crippen LogP contribution in [0.3, 0.4) is 0 Å². The van der Waals surface area contributed by atoms with Gasteiger partial charge in [-0.2, -0.15) is 52.5 Å². The van der Waals surface area contributed by atoms with E-state index in [4.69, 9.17) is 16.3 Å². The third kappa shape index (κ3) is 15.1. The number of benzene rings is 4. The van der Waals surface area contributed by atoms with Crippen LogP contribution in [-0.4, -0.2) is 108 Å². The highest BCUT2D eigenvalue weighted by Gasteiger charge is 2.28. The molecule has 0 aliphatic rings. The van der Waals surface area contributed by atoms with E-state index < -0.39 is 93.6 Å². The number of imidazole rings is 1. The van der Waals surface area contributed by atoms with Crippen LogP contribution in [0.2, 0.25) is 5.02 Å². The fraction of sp³-hybridized carbons (Fsp3) is 0.239. The first-order chi connectivity index (χ1) is 37.8. The SMILES string of the molecule is C=Cc1nc2c(C#N)c(C)c(N=Nc3cc(C)c(N=Nc4cc(Cl)c(N=Nc5nc6c(S(=O)(=O)O)cc7c(S(=O)(=O)O)cc(S(=O)(=O)O)cc7c6s5)cc4SCCCS(=O)(=O)O)cc3OCCCS(=O)(=O)O)c(O)n2c1/C=C\C.CC. The van der Waals surface area contributed by atoms with E-state index in [0.717, 1.165) is 17.8 Å². The minimum Gasteiger partial charge on any atom is -0.493 e. The average Bonchev–Trinajstić information content (AvgIpc) is 4.22. The largest absolute Gasteiger partial charge is 0.493 e. The first kappa shape index (κ1) is 63.5. The molecule has 3 aromatic heterocycles. The maximum absolute atomic E-state index is 12.6. The van der Waals surface area contributed by atoms with Gasteiger partial charge in [-0.25, -0.2) is 9.97 Å². The lowest BCUT2D eigenvalue weighted by molar-refractivity contribution is 0.317. The normalized spacial score (nSPS) is 12.9. The van der Waals surface area contributed by atoms with Gasteiger partial charge in [0.25, 0.3) is 50.6 Å². The Kier molecular flexibility index (Phi) is 19.7. The second-order valence-corrected chi connectivity index (χ2v) is 26.3. The number of ether oxygens (including phenoxy) is 1. The second kappa shape index (κ2) is 25.2. The first-order valence-electron chi connectivity index (χ1n) is 23.0. The standard InChI is InChI=1S/C44H39ClN10O17S7.C2H6/c1-5-9-34-29(6-2)47-42-27(21-46)23(4)39(43(56)55(34)42)53-51-32-14-22(3)30(19-35(32)72-10-7-12-75(57,58)59)49-52-33-18-28(45)31(20-36(33)73-11-8-13-76(60,61)62)50-54-44-48-40-38(79(69,70)71)17-25-26(41(40)74-44)15-24(77(63,64)65)16-37(25)78(66,67)68;1-2/h5-6,9,14-20,56H,2,7-8,10-13H2,1,3-4H3,(H,57,58,59)(H,60,61,62)(H,63,64,65)(H,66,67,68)(H,69,70,71);1-2H3/b9-5-,52-49?,53-51?,54-50?;. The molecule has 0 aliphatic carbocycles. The van der Waals surface area contributed by atoms with Gasteiger partial charge in [-0.05, 0) is 93.5 Å². The quantitative estimate of drug-likeness (QED) is 0.0168. The summed E-state index contributed by atoms with van der Waals surface area (Å²) in [6.07, 6.45) is 4.55. The van der Waals surface area contributed by atoms with Crippen LogP contribution in [0.1, 0.15) is 61.7 Å². The molecule has 7 aromatic rings. The summed E-state index contributed by atoms with van der Waals surface area (Å²) in [4.78, 5) is 5.68. The fourth-order valence-corrected chi connectivity index (χ4v) is 12.7. The number of fused-ring (bicyclic) bond motifs is 4. The molecule has 81 heavy (non-hydrogen) atoms. The van der Waals surface area contributed by atoms with E-state index in [0.29, 0.717) is 40.4 Å². The molecule has 0 radical (unpaired) electrons. The maximum Gasteiger partial charge on any atom is 0.296 e. The van der Waals surface area contributed by atoms with E-state index in [9.17, 15) is 75.2 Å². The summed E-state index contributed by atoms with van der Waals surface area (Å²) in [5.41, 5.74) is 1.03. The number of nitrogens with zero attached hydrogens (tertiary/aromatic N) is 10. The predicted octanol–water partition coefficient (Wildman–Crippen LogP) is 11.7. The number of hydrogen-bond donors (Lipinski definition) is 6. The molecule has 35 heteroatoms. The average molecular weight is 1270 g/mol. The molecule has 0 atom stereocenters. The monoisotopic (exact) mass is 1270 g/mol. The van der Waals surface area contributed by atoms with Gasteiger partial charge in [0.2, 0.25) is 11.0 Å². The predicted molar refractivity (Wildman–Crippen MR) is 302 cm³/mol. The van der Waals surface area contributed by atoms with Crippen molar-refractivity contribution in [2.75, 3.05) is 23.9 Å². The molecule has 6 N–H and O–H groups in total. The van der Waals surface area contributed by atoms with Crippen LogP contribution in [0, 0.1) is 25.2 Å². The Hall–Kier alpha value is -6.72. The Balaban J connectivity index is 0.00000522. The number of aryl methyl sites for hydroxylation is 1. The zero-order valence-corrected chi connectivity index (χ0v) is 49.1. The third-order valence-corrected chi connectivity index (χ3v) is 17.6. The molecular weight excluding hydrogens is 1220 g/mol. The molecular formula is C46H45ClN10O17S7. The van der Waals surface area contributed by atoms with Crippen LogP contribution in [-0.2, 0) is 50.6 Å². The summed E-state index contributed by atoms with van der Waals surface area (Å²) in [5.74, 6) is -1.69. The van der Waals surface area contributed by atoms with Crippen LogP contribution in [0.15, 0.2) is 105 Å². The van der Waals surface area contributed by atoms with Gasteiger partial charge in [0.05, 0.1) is 49.8 Å². The van der Waals surface area contributed by atoms with Gasteiger partial charge in [-0.3, -0.25) is 27.2 Å². The van der Waals surface area contributed by atoms with Gasteiger partial charge in [0.15, 0.2) is 11.3 Å². The number of thiazole rings is 1. The maximum atomic E-state index is 12.6. The van der Waals surface area contributed by atoms with Crippen LogP contribution >= 0.6 is 34.7 Å². The zero-order valence-electron chi connectivity index (χ0n) is 42.6. The number of aromatic hydroxyl groups is 1. The van der Waals surface area contributed by atoms with Gasteiger partial charge in [-0.15, -0.1) is 37.3 Å². The number of allylic oxidation sites excluding steroid dienone is 1. The van der Waals surface area contributed by atoms with Crippen molar-refractivity contribution in [2.45, 2.75) is 67.0 Å². The highest BCUT2D eigenvalue weighted by atomic mass is 35.5. The lowest BCUT2D eigenvalue weighted by Gasteiger charge is -2.12. The zero-order chi connectivity index (χ0) is 60.2. The Labute approximate surface area is 476 Å². The summed E-state index contributed by atoms with van der Waals surface area (Å²) in [6, 6.07) is 9.33. The number of hydrogen-bond acceptors (Lipinski definition) is 23. The number of azo groups is 3. The van der Waals surface area contributed by atoms with E-state index >= 15 is 0 Å². The molecule has 27 nitrogen and oxygen atoms in total. The van der Waals surface area contributed by atoms with Crippen molar-refractivity contribution in [3.8, 4) is 17.7 Å². The van der Waals surface area contributed by atoms with Gasteiger partial charge >= 0.3 is 0 Å². The molecule has 0 saturated carbocycles. The summed E-state index contributed by atoms with van der Waals surface area (Å²) in [5, 5.41) is 45.8. The van der Waals surface area contributed by atoms with Gasteiger partial charge in [-0.1, -0.05) is 49.4 Å². The van der Waals surface area contributed by atoms with Crippen molar-refractivity contribution in [2.24, 2.45) is 30.7 Å². The molecule has 430 valence electrons. The van der Waals surface area contributed by atoms with Crippen molar-refractivity contribution in [1.82, 2.24) is 14.4 Å². The third-order valence-electron chi connectivity index (χ3n) is 11.0. The Bertz CT molecular complexity index is 4460. The number of thioether (sulfide) groups is 1. The van der Waals surface area contributed by atoms with Crippen molar-refractivity contribution in [1.29, 1.82) is 5.26 Å². The molecule has 0 spiro atoms. The highest BCUT2D eigenvalue weighted by molar-refractivity contribution is 7.99. The highest BCUT2D eigenvalue weighted by Crippen LogP contribution is 2.45. The smallest absolute Gasteiger partial charge is 0.296 e. The van der Waals surface area contributed by atoms with Gasteiger partial charge in [0, 0.05) is 27.3 Å². The lowest BCUT2D eigenvalue weighted by atomic mass is 10.1. The second-order valence-electron chi connectivity index (χ2n) is 16.5. The number of halogens is 1. The minimum absolute atomic E-state index is 0.0286. The Morgan fingerprint density at radius 3 is 2.00 bits per heavy atom. The molecule has 3 heterocycles. The molecule has 0 fully saturated rings. The van der Waals surface area contributed by atoms with Crippen molar-refractivity contribution < 1.29 is 74.7 Å². The summed E-state index contributed by atoms with van der Waals surface area (Å²) < 4.78 is 176. The van der Waals surface area contributed by atoms with E-state index in [1.807, 2.05) is 13.8 Å². The Morgan fingerprint density at radius 1 is 0.765 bits per heavy atom. The topological polar surface area (TPSA) is 429 Å². The molecule has 0 bridgehead atoms. The van der Waals surface area contributed by atoms with Crippen molar-refractivity contribution in [3.63, 3.8) is 0 Å². The van der Waals surface area contributed by atoms with E-state index in [1.165, 1.54) is 41.7 Å². The molecule has 4 aromatic carbocycles. The minimum atomic E-state index is -5.31.